The second-order valence-electron chi connectivity index (χ2n) is 7.97. The van der Waals surface area contributed by atoms with Crippen molar-refractivity contribution < 1.29 is 13.2 Å². The van der Waals surface area contributed by atoms with Crippen LogP contribution < -0.4 is 5.32 Å². The molecule has 29 heavy (non-hydrogen) atoms. The molecule has 1 N–H and O–H groups in total. The van der Waals surface area contributed by atoms with E-state index in [0.29, 0.717) is 30.8 Å². The van der Waals surface area contributed by atoms with Crippen molar-refractivity contribution in [3.63, 3.8) is 0 Å². The van der Waals surface area contributed by atoms with Gasteiger partial charge in [0, 0.05) is 19.5 Å². The van der Waals surface area contributed by atoms with Gasteiger partial charge in [0.05, 0.1) is 10.9 Å². The molecule has 1 heterocycles. The van der Waals surface area contributed by atoms with E-state index in [1.54, 1.807) is 16.4 Å². The van der Waals surface area contributed by atoms with E-state index in [1.165, 1.54) is 11.1 Å². The Morgan fingerprint density at radius 2 is 1.72 bits per heavy atom. The second kappa shape index (κ2) is 8.67. The van der Waals surface area contributed by atoms with Crippen LogP contribution in [0.25, 0.3) is 0 Å². The van der Waals surface area contributed by atoms with Crippen molar-refractivity contribution in [3.05, 3.63) is 65.2 Å². The minimum absolute atomic E-state index is 0.0421. The summed E-state index contributed by atoms with van der Waals surface area (Å²) in [6.07, 6.45) is 6.01. The highest BCUT2D eigenvalue weighted by molar-refractivity contribution is 7.89. The van der Waals surface area contributed by atoms with Crippen molar-refractivity contribution >= 4 is 15.9 Å². The molecule has 5 nitrogen and oxygen atoms in total. The number of rotatable bonds is 6. The molecule has 1 aliphatic carbocycles. The van der Waals surface area contributed by atoms with Gasteiger partial charge >= 0.3 is 0 Å². The van der Waals surface area contributed by atoms with E-state index in [0.717, 1.165) is 37.7 Å². The number of amides is 1. The molecular formula is C23H28N2O3S. The maximum atomic E-state index is 12.6. The standard InChI is InChI=1S/C23H28N2O3S/c26-23(24-22-9-5-7-19-6-1-2-8-21(19)22)15-12-18-10-13-20(14-11-18)29(27,28)25-16-3-4-17-25/h1-2,6,8,10-11,13-14,22H,3-5,7,9,12,15-17H2,(H,24,26). The fraction of sp³-hybridized carbons (Fsp3) is 0.435. The van der Waals surface area contributed by atoms with E-state index < -0.39 is 10.0 Å². The molecule has 154 valence electrons. The highest BCUT2D eigenvalue weighted by Gasteiger charge is 2.27. The second-order valence-corrected chi connectivity index (χ2v) is 9.90. The summed E-state index contributed by atoms with van der Waals surface area (Å²) in [7, 11) is -3.38. The van der Waals surface area contributed by atoms with Gasteiger partial charge in [-0.15, -0.1) is 0 Å². The van der Waals surface area contributed by atoms with Crippen LogP contribution in [-0.2, 0) is 27.7 Å². The molecule has 0 aromatic heterocycles. The quantitative estimate of drug-likeness (QED) is 0.788. The third kappa shape index (κ3) is 4.54. The number of benzene rings is 2. The zero-order valence-corrected chi connectivity index (χ0v) is 17.5. The van der Waals surface area contributed by atoms with Crippen LogP contribution in [0.5, 0.6) is 0 Å². The predicted molar refractivity (Wildman–Crippen MR) is 113 cm³/mol. The number of hydrogen-bond acceptors (Lipinski definition) is 3. The molecule has 0 saturated carbocycles. The Hall–Kier alpha value is -2.18. The Bertz CT molecular complexity index is 964. The van der Waals surface area contributed by atoms with Gasteiger partial charge in [0.1, 0.15) is 0 Å². The van der Waals surface area contributed by atoms with Gasteiger partial charge in [-0.25, -0.2) is 8.42 Å². The summed E-state index contributed by atoms with van der Waals surface area (Å²) >= 11 is 0. The SMILES string of the molecule is O=C(CCc1ccc(S(=O)(=O)N2CCCC2)cc1)NC1CCCc2ccccc21. The minimum Gasteiger partial charge on any atom is -0.349 e. The van der Waals surface area contributed by atoms with Crippen LogP contribution in [0.4, 0.5) is 0 Å². The van der Waals surface area contributed by atoms with Crippen LogP contribution in [-0.4, -0.2) is 31.7 Å². The van der Waals surface area contributed by atoms with Crippen molar-refractivity contribution in [1.82, 2.24) is 9.62 Å². The number of nitrogens with one attached hydrogen (secondary N) is 1. The largest absolute Gasteiger partial charge is 0.349 e. The Kier molecular flexibility index (Phi) is 6.01. The lowest BCUT2D eigenvalue weighted by atomic mass is 9.87. The maximum absolute atomic E-state index is 12.6. The molecule has 0 bridgehead atoms. The summed E-state index contributed by atoms with van der Waals surface area (Å²) < 4.78 is 26.7. The molecule has 1 amide bonds. The molecular weight excluding hydrogens is 384 g/mol. The van der Waals surface area contributed by atoms with Crippen molar-refractivity contribution in [2.45, 2.75) is 55.9 Å². The van der Waals surface area contributed by atoms with E-state index in [9.17, 15) is 13.2 Å². The number of nitrogens with zero attached hydrogens (tertiary/aromatic N) is 1. The van der Waals surface area contributed by atoms with Crippen molar-refractivity contribution in [2.75, 3.05) is 13.1 Å². The third-order valence-corrected chi connectivity index (χ3v) is 7.88. The number of carbonyl (C=O) groups excluding carboxylic acids is 1. The summed E-state index contributed by atoms with van der Waals surface area (Å²) in [4.78, 5) is 12.8. The van der Waals surface area contributed by atoms with Crippen molar-refractivity contribution in [1.29, 1.82) is 0 Å². The molecule has 4 rings (SSSR count). The summed E-state index contributed by atoms with van der Waals surface area (Å²) in [6, 6.07) is 15.4. The van der Waals surface area contributed by atoms with E-state index in [-0.39, 0.29) is 11.9 Å². The van der Waals surface area contributed by atoms with Gasteiger partial charge in [-0.2, -0.15) is 4.31 Å². The molecule has 1 fully saturated rings. The first kappa shape index (κ1) is 20.1. The summed E-state index contributed by atoms with van der Waals surface area (Å²) in [6.45, 7) is 1.21. The average molecular weight is 413 g/mol. The molecule has 0 radical (unpaired) electrons. The van der Waals surface area contributed by atoms with Gasteiger partial charge in [-0.3, -0.25) is 4.79 Å². The normalized spacial score (nSPS) is 19.7. The molecule has 6 heteroatoms. The zero-order valence-electron chi connectivity index (χ0n) is 16.6. The van der Waals surface area contributed by atoms with Gasteiger partial charge in [-0.05, 0) is 67.3 Å². The van der Waals surface area contributed by atoms with Crippen molar-refractivity contribution in [3.8, 4) is 0 Å². The Morgan fingerprint density at radius 1 is 1.00 bits per heavy atom. The number of carbonyl (C=O) groups is 1. The molecule has 1 saturated heterocycles. The van der Waals surface area contributed by atoms with E-state index in [4.69, 9.17) is 0 Å². The van der Waals surface area contributed by atoms with Crippen LogP contribution in [0.1, 0.15) is 54.8 Å². The monoisotopic (exact) mass is 412 g/mol. The first-order valence-electron chi connectivity index (χ1n) is 10.5. The molecule has 2 aliphatic rings. The Morgan fingerprint density at radius 3 is 2.48 bits per heavy atom. The summed E-state index contributed by atoms with van der Waals surface area (Å²) in [5, 5.41) is 3.18. The van der Waals surface area contributed by atoms with Crippen LogP contribution in [0.2, 0.25) is 0 Å². The molecule has 1 atom stereocenters. The van der Waals surface area contributed by atoms with Gasteiger partial charge in [0.2, 0.25) is 15.9 Å². The lowest BCUT2D eigenvalue weighted by molar-refractivity contribution is -0.121. The first-order valence-corrected chi connectivity index (χ1v) is 11.9. The lowest BCUT2D eigenvalue weighted by Gasteiger charge is -2.26. The van der Waals surface area contributed by atoms with Crippen LogP contribution in [0.15, 0.2) is 53.4 Å². The predicted octanol–water partition coefficient (Wildman–Crippen LogP) is 3.60. The number of fused-ring (bicyclic) bond motifs is 1. The zero-order chi connectivity index (χ0) is 20.3. The average Bonchev–Trinajstić information content (AvgIpc) is 3.29. The van der Waals surface area contributed by atoms with Crippen LogP contribution >= 0.6 is 0 Å². The maximum Gasteiger partial charge on any atom is 0.243 e. The molecule has 1 unspecified atom stereocenters. The highest BCUT2D eigenvalue weighted by atomic mass is 32.2. The van der Waals surface area contributed by atoms with Gasteiger partial charge in [-0.1, -0.05) is 36.4 Å². The number of sulfonamides is 1. The molecule has 0 spiro atoms. The fourth-order valence-electron chi connectivity index (χ4n) is 4.33. The number of hydrogen-bond donors (Lipinski definition) is 1. The van der Waals surface area contributed by atoms with Crippen LogP contribution in [0, 0.1) is 0 Å². The first-order chi connectivity index (χ1) is 14.0. The lowest BCUT2D eigenvalue weighted by Crippen LogP contribution is -2.31. The minimum atomic E-state index is -3.38. The van der Waals surface area contributed by atoms with E-state index in [1.807, 2.05) is 18.2 Å². The van der Waals surface area contributed by atoms with Crippen LogP contribution in [0.3, 0.4) is 0 Å². The van der Waals surface area contributed by atoms with Gasteiger partial charge < -0.3 is 5.32 Å². The summed E-state index contributed by atoms with van der Waals surface area (Å²) in [5.41, 5.74) is 3.55. The molecule has 2 aromatic carbocycles. The Labute approximate surface area is 173 Å². The van der Waals surface area contributed by atoms with Gasteiger partial charge in [0.15, 0.2) is 0 Å². The smallest absolute Gasteiger partial charge is 0.243 e. The Balaban J connectivity index is 1.33. The molecule has 1 aliphatic heterocycles. The van der Waals surface area contributed by atoms with E-state index in [2.05, 4.69) is 23.5 Å². The van der Waals surface area contributed by atoms with Gasteiger partial charge in [0.25, 0.3) is 0 Å². The highest BCUT2D eigenvalue weighted by Crippen LogP contribution is 2.29. The third-order valence-electron chi connectivity index (χ3n) is 5.97. The summed E-state index contributed by atoms with van der Waals surface area (Å²) in [5.74, 6) is 0.0421. The molecule has 2 aromatic rings. The van der Waals surface area contributed by atoms with Crippen molar-refractivity contribution in [2.24, 2.45) is 0 Å². The van der Waals surface area contributed by atoms with E-state index >= 15 is 0 Å². The topological polar surface area (TPSA) is 66.5 Å². The number of aryl methyl sites for hydroxylation is 2. The fourth-order valence-corrected chi connectivity index (χ4v) is 5.85.